The molecule has 1 atom stereocenters. The number of ether oxygens (including phenoxy) is 2. The van der Waals surface area contributed by atoms with Crippen LogP contribution in [0.25, 0.3) is 0 Å². The van der Waals surface area contributed by atoms with Crippen molar-refractivity contribution in [1.82, 2.24) is 5.32 Å². The fourth-order valence-corrected chi connectivity index (χ4v) is 4.42. The van der Waals surface area contributed by atoms with Crippen molar-refractivity contribution in [2.24, 2.45) is 0 Å². The molecule has 0 amide bonds. The van der Waals surface area contributed by atoms with Gasteiger partial charge >= 0.3 is 0 Å². The molecule has 0 saturated carbocycles. The van der Waals surface area contributed by atoms with E-state index < -0.39 is 7.72 Å². The first-order chi connectivity index (χ1) is 12.4. The monoisotopic (exact) mass is 376 g/mol. The van der Waals surface area contributed by atoms with Crippen LogP contribution in [0, 0.1) is 0 Å². The molecule has 7 heteroatoms. The normalized spacial score (nSPS) is 14.3. The number of benzene rings is 2. The van der Waals surface area contributed by atoms with E-state index in [4.69, 9.17) is 9.47 Å². The number of rotatable bonds is 8. The predicted octanol–water partition coefficient (Wildman–Crippen LogP) is 2.67. The van der Waals surface area contributed by atoms with Crippen molar-refractivity contribution in [1.29, 1.82) is 0 Å². The van der Waals surface area contributed by atoms with Gasteiger partial charge in [-0.25, -0.2) is 9.79 Å². The van der Waals surface area contributed by atoms with Crippen LogP contribution in [0.2, 0.25) is 0 Å². The quantitative estimate of drug-likeness (QED) is 0.614. The van der Waals surface area contributed by atoms with Gasteiger partial charge in [0.1, 0.15) is 6.16 Å². The molecular weight excluding hydrogens is 353 g/mol. The number of ketones is 1. The molecule has 2 aromatic rings. The van der Waals surface area contributed by atoms with Crippen molar-refractivity contribution >= 4 is 13.5 Å². The standard InChI is InChI=1S/C19H23NO5P/c1-14(16-7-8-18-19(9-16)25-13-24-18)20-10-17(21)12-26(22,23)11-15-5-3-2-4-6-15/h2-9,14,20,22-23H,10-13H2,1H3/q+1. The lowest BCUT2D eigenvalue weighted by molar-refractivity contribution is -0.116. The lowest BCUT2D eigenvalue weighted by Gasteiger charge is -2.16. The Labute approximate surface area is 153 Å². The number of fused-ring (bicyclic) bond motifs is 1. The first kappa shape index (κ1) is 18.8. The summed E-state index contributed by atoms with van der Waals surface area (Å²) in [6, 6.07) is 14.8. The summed E-state index contributed by atoms with van der Waals surface area (Å²) in [6.45, 7) is 2.24. The fourth-order valence-electron chi connectivity index (χ4n) is 2.84. The number of carbonyl (C=O) groups excluding carboxylic acids is 1. The number of hydrogen-bond acceptors (Lipinski definition) is 6. The third-order valence-corrected chi connectivity index (χ3v) is 5.94. The minimum atomic E-state index is -3.29. The van der Waals surface area contributed by atoms with Gasteiger partial charge in [-0.2, -0.15) is 0 Å². The molecule has 0 spiro atoms. The Morgan fingerprint density at radius 1 is 1.15 bits per heavy atom. The van der Waals surface area contributed by atoms with Crippen LogP contribution in [0.1, 0.15) is 24.1 Å². The number of Topliss-reactive ketones (excluding diaryl/α,β-unsaturated/α-hetero) is 1. The molecule has 0 bridgehead atoms. The summed E-state index contributed by atoms with van der Waals surface area (Å²) in [7, 11) is -3.29. The van der Waals surface area contributed by atoms with E-state index in [0.717, 1.165) is 11.1 Å². The Bertz CT molecular complexity index is 766. The highest BCUT2D eigenvalue weighted by Crippen LogP contribution is 2.52. The van der Waals surface area contributed by atoms with Gasteiger partial charge in [0, 0.05) is 6.04 Å². The predicted molar refractivity (Wildman–Crippen MR) is 100 cm³/mol. The van der Waals surface area contributed by atoms with E-state index in [9.17, 15) is 14.6 Å². The molecular formula is C19H23NO5P+. The maximum atomic E-state index is 12.2. The van der Waals surface area contributed by atoms with Crippen molar-refractivity contribution in [3.8, 4) is 11.5 Å². The molecule has 1 unspecified atom stereocenters. The summed E-state index contributed by atoms with van der Waals surface area (Å²) in [5.41, 5.74) is 1.79. The second-order valence-electron chi connectivity index (χ2n) is 6.43. The van der Waals surface area contributed by atoms with Crippen LogP contribution >= 0.6 is 7.72 Å². The minimum absolute atomic E-state index is 0.0762. The van der Waals surface area contributed by atoms with Gasteiger partial charge in [-0.05, 0) is 30.2 Å². The van der Waals surface area contributed by atoms with Crippen molar-refractivity contribution in [3.05, 3.63) is 59.7 Å². The zero-order chi connectivity index (χ0) is 18.6. The topological polar surface area (TPSA) is 88.0 Å². The van der Waals surface area contributed by atoms with Crippen LogP contribution in [0.4, 0.5) is 0 Å². The number of carbonyl (C=O) groups is 1. The minimum Gasteiger partial charge on any atom is -0.454 e. The summed E-state index contributed by atoms with van der Waals surface area (Å²) < 4.78 is 10.6. The first-order valence-corrected chi connectivity index (χ1v) is 10.5. The van der Waals surface area contributed by atoms with Crippen LogP contribution < -0.4 is 14.8 Å². The number of hydrogen-bond donors (Lipinski definition) is 3. The van der Waals surface area contributed by atoms with Gasteiger partial charge in [-0.1, -0.05) is 36.4 Å². The van der Waals surface area contributed by atoms with E-state index in [-0.39, 0.29) is 37.5 Å². The highest BCUT2D eigenvalue weighted by molar-refractivity contribution is 7.64. The molecule has 1 heterocycles. The maximum absolute atomic E-state index is 12.2. The van der Waals surface area contributed by atoms with Crippen LogP contribution in [0.5, 0.6) is 11.5 Å². The molecule has 0 radical (unpaired) electrons. The van der Waals surface area contributed by atoms with E-state index in [1.165, 1.54) is 0 Å². The lowest BCUT2D eigenvalue weighted by Crippen LogP contribution is -2.28. The SMILES string of the molecule is CC(NCC(=O)C[P+](O)(O)Cc1ccccc1)c1ccc2c(c1)OCO2. The summed E-state index contributed by atoms with van der Waals surface area (Å²) in [5.74, 6) is 1.20. The second-order valence-corrected chi connectivity index (χ2v) is 8.82. The molecule has 2 aromatic carbocycles. The van der Waals surface area contributed by atoms with Gasteiger partial charge in [0.15, 0.2) is 23.4 Å². The van der Waals surface area contributed by atoms with Gasteiger partial charge in [0.2, 0.25) is 6.79 Å². The van der Waals surface area contributed by atoms with Crippen LogP contribution in [-0.4, -0.2) is 35.1 Å². The Hall–Kier alpha value is -1.98. The Kier molecular flexibility index (Phi) is 5.89. The lowest BCUT2D eigenvalue weighted by atomic mass is 10.1. The molecule has 138 valence electrons. The third-order valence-electron chi connectivity index (χ3n) is 4.21. The molecule has 3 N–H and O–H groups in total. The highest BCUT2D eigenvalue weighted by Gasteiger charge is 2.36. The van der Waals surface area contributed by atoms with E-state index in [2.05, 4.69) is 5.32 Å². The third kappa shape index (κ3) is 5.02. The zero-order valence-electron chi connectivity index (χ0n) is 14.6. The van der Waals surface area contributed by atoms with Gasteiger partial charge in [-0.15, -0.1) is 0 Å². The average molecular weight is 376 g/mol. The van der Waals surface area contributed by atoms with Gasteiger partial charge in [0.05, 0.1) is 6.54 Å². The highest BCUT2D eigenvalue weighted by atomic mass is 31.2. The van der Waals surface area contributed by atoms with Crippen molar-refractivity contribution < 1.29 is 24.1 Å². The van der Waals surface area contributed by atoms with Crippen molar-refractivity contribution in [3.63, 3.8) is 0 Å². The Morgan fingerprint density at radius 3 is 2.65 bits per heavy atom. The van der Waals surface area contributed by atoms with E-state index in [0.29, 0.717) is 11.5 Å². The largest absolute Gasteiger partial charge is 0.454 e. The fraction of sp³-hybridized carbons (Fsp3) is 0.316. The van der Waals surface area contributed by atoms with E-state index in [1.54, 1.807) is 0 Å². The van der Waals surface area contributed by atoms with Crippen LogP contribution in [-0.2, 0) is 11.0 Å². The molecule has 0 fully saturated rings. The van der Waals surface area contributed by atoms with Crippen LogP contribution in [0.3, 0.4) is 0 Å². The Morgan fingerprint density at radius 2 is 1.88 bits per heavy atom. The molecule has 0 aliphatic carbocycles. The Balaban J connectivity index is 1.50. The smallest absolute Gasteiger partial charge is 0.279 e. The van der Waals surface area contributed by atoms with E-state index in [1.807, 2.05) is 55.5 Å². The summed E-state index contributed by atoms with van der Waals surface area (Å²) >= 11 is 0. The summed E-state index contributed by atoms with van der Waals surface area (Å²) in [4.78, 5) is 32.6. The molecule has 26 heavy (non-hydrogen) atoms. The van der Waals surface area contributed by atoms with E-state index >= 15 is 0 Å². The molecule has 1 aliphatic rings. The number of nitrogens with one attached hydrogen (secondary N) is 1. The van der Waals surface area contributed by atoms with Crippen molar-refractivity contribution in [2.45, 2.75) is 19.1 Å². The molecule has 0 aromatic heterocycles. The second kappa shape index (κ2) is 8.14. The summed E-state index contributed by atoms with van der Waals surface area (Å²) in [6.07, 6.45) is -0.0972. The molecule has 6 nitrogen and oxygen atoms in total. The van der Waals surface area contributed by atoms with Crippen molar-refractivity contribution in [2.75, 3.05) is 19.5 Å². The van der Waals surface area contributed by atoms with Crippen LogP contribution in [0.15, 0.2) is 48.5 Å². The summed E-state index contributed by atoms with van der Waals surface area (Å²) in [5, 5.41) is 3.13. The first-order valence-electron chi connectivity index (χ1n) is 8.44. The zero-order valence-corrected chi connectivity index (χ0v) is 15.5. The van der Waals surface area contributed by atoms with Gasteiger partial charge in [0.25, 0.3) is 7.72 Å². The molecule has 3 rings (SSSR count). The van der Waals surface area contributed by atoms with Gasteiger partial charge in [-0.3, -0.25) is 4.79 Å². The molecule has 1 aliphatic heterocycles. The molecule has 0 saturated heterocycles. The average Bonchev–Trinajstić information content (AvgIpc) is 3.07. The van der Waals surface area contributed by atoms with Gasteiger partial charge < -0.3 is 14.8 Å². The maximum Gasteiger partial charge on any atom is 0.279 e.